The SMILES string of the molecule is Cc1noc(C)c1CN1CCN(C(=O)c2cc(C3CC3)nn2C(C)(C)C)CC1. The number of aryl methyl sites for hydroxylation is 2. The van der Waals surface area contributed by atoms with Crippen LogP contribution in [0.5, 0.6) is 0 Å². The van der Waals surface area contributed by atoms with Crippen LogP contribution in [0, 0.1) is 13.8 Å². The van der Waals surface area contributed by atoms with E-state index in [-0.39, 0.29) is 11.4 Å². The first-order valence-electron chi connectivity index (χ1n) is 10.3. The molecular formula is C21H31N5O2. The smallest absolute Gasteiger partial charge is 0.272 e. The minimum atomic E-state index is -0.205. The third kappa shape index (κ3) is 3.72. The molecule has 2 aromatic heterocycles. The monoisotopic (exact) mass is 385 g/mol. The number of nitrogens with zero attached hydrogens (tertiary/aromatic N) is 5. The Balaban J connectivity index is 1.44. The Kier molecular flexibility index (Phi) is 4.81. The molecule has 0 radical (unpaired) electrons. The fraction of sp³-hybridized carbons (Fsp3) is 0.667. The maximum atomic E-state index is 13.3. The average molecular weight is 386 g/mol. The lowest BCUT2D eigenvalue weighted by Gasteiger charge is -2.35. The second-order valence-electron chi connectivity index (χ2n) is 9.18. The summed E-state index contributed by atoms with van der Waals surface area (Å²) in [7, 11) is 0. The van der Waals surface area contributed by atoms with Gasteiger partial charge in [-0.25, -0.2) is 0 Å². The number of amides is 1. The standard InChI is InChI=1S/C21H31N5O2/c1-14-17(15(2)28-23-14)13-24-8-10-25(11-9-24)20(27)19-12-18(16-6-7-16)22-26(19)21(3,4)5/h12,16H,6-11,13H2,1-5H3. The van der Waals surface area contributed by atoms with E-state index in [0.29, 0.717) is 5.92 Å². The number of piperazine rings is 1. The van der Waals surface area contributed by atoms with Crippen molar-refractivity contribution in [1.29, 1.82) is 0 Å². The molecule has 0 spiro atoms. The van der Waals surface area contributed by atoms with Crippen molar-refractivity contribution in [1.82, 2.24) is 24.7 Å². The molecule has 2 fully saturated rings. The maximum absolute atomic E-state index is 13.3. The van der Waals surface area contributed by atoms with Crippen molar-refractivity contribution < 1.29 is 9.32 Å². The zero-order valence-electron chi connectivity index (χ0n) is 17.7. The Labute approximate surface area is 166 Å². The summed E-state index contributed by atoms with van der Waals surface area (Å²) in [4.78, 5) is 17.6. The molecule has 0 atom stereocenters. The van der Waals surface area contributed by atoms with E-state index < -0.39 is 0 Å². The quantitative estimate of drug-likeness (QED) is 0.809. The van der Waals surface area contributed by atoms with Crippen LogP contribution >= 0.6 is 0 Å². The van der Waals surface area contributed by atoms with Gasteiger partial charge < -0.3 is 9.42 Å². The van der Waals surface area contributed by atoms with Crippen molar-refractivity contribution in [3.63, 3.8) is 0 Å². The lowest BCUT2D eigenvalue weighted by atomic mass is 10.1. The van der Waals surface area contributed by atoms with Crippen molar-refractivity contribution >= 4 is 5.91 Å². The summed E-state index contributed by atoms with van der Waals surface area (Å²) in [5.41, 5.74) is 3.73. The van der Waals surface area contributed by atoms with Crippen molar-refractivity contribution in [2.75, 3.05) is 26.2 Å². The number of hydrogen-bond acceptors (Lipinski definition) is 5. The molecule has 152 valence electrons. The normalized spacial score (nSPS) is 18.7. The summed E-state index contributed by atoms with van der Waals surface area (Å²) >= 11 is 0. The fourth-order valence-electron chi connectivity index (χ4n) is 3.86. The molecule has 0 bridgehead atoms. The third-order valence-corrected chi connectivity index (χ3v) is 5.80. The van der Waals surface area contributed by atoms with E-state index >= 15 is 0 Å². The van der Waals surface area contributed by atoms with Gasteiger partial charge in [-0.05, 0) is 53.5 Å². The molecule has 0 aromatic carbocycles. The van der Waals surface area contributed by atoms with Gasteiger partial charge >= 0.3 is 0 Å². The van der Waals surface area contributed by atoms with Gasteiger partial charge in [0.15, 0.2) is 0 Å². The van der Waals surface area contributed by atoms with Gasteiger partial charge in [0.2, 0.25) is 0 Å². The van der Waals surface area contributed by atoms with Crippen LogP contribution in [0.4, 0.5) is 0 Å². The summed E-state index contributed by atoms with van der Waals surface area (Å²) in [6.45, 7) is 14.3. The molecule has 0 N–H and O–H groups in total. The van der Waals surface area contributed by atoms with Crippen LogP contribution in [0.2, 0.25) is 0 Å². The summed E-state index contributed by atoms with van der Waals surface area (Å²) < 4.78 is 7.20. The zero-order chi connectivity index (χ0) is 20.1. The van der Waals surface area contributed by atoms with E-state index in [1.165, 1.54) is 18.4 Å². The molecular weight excluding hydrogens is 354 g/mol. The predicted molar refractivity (Wildman–Crippen MR) is 106 cm³/mol. The summed E-state index contributed by atoms with van der Waals surface area (Å²) in [5.74, 6) is 1.53. The predicted octanol–water partition coefficient (Wildman–Crippen LogP) is 3.08. The fourth-order valence-corrected chi connectivity index (χ4v) is 3.86. The van der Waals surface area contributed by atoms with Gasteiger partial charge in [-0.1, -0.05) is 5.16 Å². The second kappa shape index (κ2) is 7.03. The van der Waals surface area contributed by atoms with Crippen molar-refractivity contribution in [3.05, 3.63) is 34.5 Å². The molecule has 7 nitrogen and oxygen atoms in total. The first-order valence-corrected chi connectivity index (χ1v) is 10.3. The van der Waals surface area contributed by atoms with Crippen molar-refractivity contribution in [3.8, 4) is 0 Å². The lowest BCUT2D eigenvalue weighted by molar-refractivity contribution is 0.0608. The van der Waals surface area contributed by atoms with Crippen LogP contribution < -0.4 is 0 Å². The highest BCUT2D eigenvalue weighted by Gasteiger charge is 2.33. The second-order valence-corrected chi connectivity index (χ2v) is 9.18. The summed E-state index contributed by atoms with van der Waals surface area (Å²) in [5, 5.41) is 8.83. The molecule has 2 aliphatic rings. The van der Waals surface area contributed by atoms with Crippen LogP contribution in [-0.2, 0) is 12.1 Å². The van der Waals surface area contributed by atoms with Crippen LogP contribution in [0.15, 0.2) is 10.6 Å². The van der Waals surface area contributed by atoms with Gasteiger partial charge in [0, 0.05) is 44.2 Å². The topological polar surface area (TPSA) is 67.4 Å². The van der Waals surface area contributed by atoms with Gasteiger partial charge in [0.05, 0.1) is 16.9 Å². The van der Waals surface area contributed by atoms with Gasteiger partial charge in [-0.15, -0.1) is 0 Å². The Bertz CT molecular complexity index is 844. The van der Waals surface area contributed by atoms with Crippen molar-refractivity contribution in [2.45, 2.75) is 65.5 Å². The van der Waals surface area contributed by atoms with Gasteiger partial charge in [-0.3, -0.25) is 14.4 Å². The van der Waals surface area contributed by atoms with Crippen molar-refractivity contribution in [2.24, 2.45) is 0 Å². The molecule has 1 saturated heterocycles. The molecule has 1 amide bonds. The highest BCUT2D eigenvalue weighted by atomic mass is 16.5. The van der Waals surface area contributed by atoms with Crippen LogP contribution in [0.3, 0.4) is 0 Å². The minimum Gasteiger partial charge on any atom is -0.361 e. The average Bonchev–Trinajstić information content (AvgIpc) is 3.32. The van der Waals surface area contributed by atoms with Gasteiger partial charge in [-0.2, -0.15) is 5.10 Å². The Morgan fingerprint density at radius 1 is 1.18 bits per heavy atom. The molecule has 3 heterocycles. The minimum absolute atomic E-state index is 0.103. The molecule has 2 aromatic rings. The highest BCUT2D eigenvalue weighted by Crippen LogP contribution is 2.40. The van der Waals surface area contributed by atoms with E-state index in [1.807, 2.05) is 29.5 Å². The molecule has 1 saturated carbocycles. The van der Waals surface area contributed by atoms with Crippen LogP contribution in [0.1, 0.15) is 72.7 Å². The maximum Gasteiger partial charge on any atom is 0.272 e. The van der Waals surface area contributed by atoms with E-state index in [9.17, 15) is 4.79 Å². The molecule has 4 rings (SSSR count). The third-order valence-electron chi connectivity index (χ3n) is 5.80. The molecule has 0 unspecified atom stereocenters. The number of carbonyl (C=O) groups is 1. The lowest BCUT2D eigenvalue weighted by Crippen LogP contribution is -2.49. The number of hydrogen-bond donors (Lipinski definition) is 0. The number of carbonyl (C=O) groups excluding carboxylic acids is 1. The highest BCUT2D eigenvalue weighted by molar-refractivity contribution is 5.93. The number of rotatable bonds is 4. The summed E-state index contributed by atoms with van der Waals surface area (Å²) in [6, 6.07) is 2.03. The summed E-state index contributed by atoms with van der Waals surface area (Å²) in [6.07, 6.45) is 2.38. The van der Waals surface area contributed by atoms with Gasteiger partial charge in [0.25, 0.3) is 5.91 Å². The largest absolute Gasteiger partial charge is 0.361 e. The molecule has 28 heavy (non-hydrogen) atoms. The Morgan fingerprint density at radius 2 is 1.86 bits per heavy atom. The van der Waals surface area contributed by atoms with E-state index in [0.717, 1.165) is 55.6 Å². The van der Waals surface area contributed by atoms with E-state index in [1.54, 1.807) is 0 Å². The van der Waals surface area contributed by atoms with E-state index in [2.05, 4.69) is 30.8 Å². The van der Waals surface area contributed by atoms with E-state index in [4.69, 9.17) is 9.62 Å². The Morgan fingerprint density at radius 3 is 2.39 bits per heavy atom. The molecule has 7 heteroatoms. The van der Waals surface area contributed by atoms with Gasteiger partial charge in [0.1, 0.15) is 11.5 Å². The zero-order valence-corrected chi connectivity index (χ0v) is 17.7. The number of aromatic nitrogens is 3. The van der Waals surface area contributed by atoms with Crippen LogP contribution in [0.25, 0.3) is 0 Å². The van der Waals surface area contributed by atoms with Crippen LogP contribution in [-0.4, -0.2) is 56.8 Å². The first kappa shape index (κ1) is 19.2. The molecule has 1 aliphatic heterocycles. The first-order chi connectivity index (χ1) is 13.2. The Hall–Kier alpha value is -2.15. The molecule has 1 aliphatic carbocycles.